The molecule has 180 valence electrons. The lowest BCUT2D eigenvalue weighted by atomic mass is 9.98. The van der Waals surface area contributed by atoms with Gasteiger partial charge in [-0.2, -0.15) is 0 Å². The second kappa shape index (κ2) is 16.2. The van der Waals surface area contributed by atoms with Gasteiger partial charge in [-0.1, -0.05) is 58.2 Å². The number of ketones is 2. The third kappa shape index (κ3) is 14.3. The molecule has 0 aliphatic heterocycles. The van der Waals surface area contributed by atoms with E-state index in [4.69, 9.17) is 0 Å². The lowest BCUT2D eigenvalue weighted by Crippen LogP contribution is -2.06. The second-order valence-corrected chi connectivity index (χ2v) is 9.61. The molecule has 1 rings (SSSR count). The van der Waals surface area contributed by atoms with Crippen LogP contribution >= 0.6 is 0 Å². The summed E-state index contributed by atoms with van der Waals surface area (Å²) in [5, 5.41) is 0. The molecule has 0 spiro atoms. The molecule has 0 aromatic rings. The van der Waals surface area contributed by atoms with Gasteiger partial charge in [0.15, 0.2) is 11.6 Å². The summed E-state index contributed by atoms with van der Waals surface area (Å²) in [5.41, 5.74) is 7.66. The lowest BCUT2D eigenvalue weighted by molar-refractivity contribution is -0.114. The summed E-state index contributed by atoms with van der Waals surface area (Å²) < 4.78 is 0. The van der Waals surface area contributed by atoms with Crippen LogP contribution in [-0.4, -0.2) is 11.6 Å². The summed E-state index contributed by atoms with van der Waals surface area (Å²) in [6.07, 6.45) is 25.0. The number of carbonyl (C=O) groups is 2. The van der Waals surface area contributed by atoms with Crippen molar-refractivity contribution in [3.8, 4) is 0 Å². The first-order valence-electron chi connectivity index (χ1n) is 12.4. The fourth-order valence-electron chi connectivity index (χ4n) is 3.64. The fraction of sp³-hybridized carbons (Fsp3) is 0.484. The van der Waals surface area contributed by atoms with Crippen molar-refractivity contribution in [2.45, 2.75) is 99.3 Å². The summed E-state index contributed by atoms with van der Waals surface area (Å²) in [4.78, 5) is 23.2. The van der Waals surface area contributed by atoms with Gasteiger partial charge in [-0.3, -0.25) is 9.59 Å². The third-order valence-electron chi connectivity index (χ3n) is 5.89. The fourth-order valence-corrected chi connectivity index (χ4v) is 3.64. The number of hydrogen-bond acceptors (Lipinski definition) is 2. The highest BCUT2D eigenvalue weighted by molar-refractivity contribution is 6.17. The second-order valence-electron chi connectivity index (χ2n) is 9.61. The van der Waals surface area contributed by atoms with Crippen LogP contribution < -0.4 is 0 Å². The first-order chi connectivity index (χ1) is 15.7. The van der Waals surface area contributed by atoms with E-state index >= 15 is 0 Å². The molecule has 0 heterocycles. The highest BCUT2D eigenvalue weighted by Gasteiger charge is 2.11. The summed E-state index contributed by atoms with van der Waals surface area (Å²) in [7, 11) is 0. The quantitative estimate of drug-likeness (QED) is 0.196. The summed E-state index contributed by atoms with van der Waals surface area (Å²) >= 11 is 0. The Kier molecular flexibility index (Phi) is 14.0. The van der Waals surface area contributed by atoms with Gasteiger partial charge in [0.05, 0.1) is 0 Å². The first kappa shape index (κ1) is 28.6. The van der Waals surface area contributed by atoms with Gasteiger partial charge < -0.3 is 0 Å². The summed E-state index contributed by atoms with van der Waals surface area (Å²) in [6, 6.07) is 0. The van der Waals surface area contributed by atoms with Crippen molar-refractivity contribution in [1.29, 1.82) is 0 Å². The van der Waals surface area contributed by atoms with Gasteiger partial charge in [-0.15, -0.1) is 0 Å². The largest absolute Gasteiger partial charge is 0.290 e. The molecule has 1 aliphatic carbocycles. The molecule has 2 nitrogen and oxygen atoms in total. The summed E-state index contributed by atoms with van der Waals surface area (Å²) in [6.45, 7) is 13.1. The van der Waals surface area contributed by atoms with Gasteiger partial charge in [0.25, 0.3) is 0 Å². The molecule has 0 radical (unpaired) electrons. The Morgan fingerprint density at radius 1 is 0.606 bits per heavy atom. The Hall–Kier alpha value is -2.48. The topological polar surface area (TPSA) is 34.1 Å². The van der Waals surface area contributed by atoms with Crippen molar-refractivity contribution < 1.29 is 9.59 Å². The molecule has 0 saturated carbocycles. The van der Waals surface area contributed by atoms with Crippen LogP contribution in [0.3, 0.4) is 0 Å². The number of carbonyl (C=O) groups excluding carboxylic acids is 2. The predicted molar refractivity (Wildman–Crippen MR) is 143 cm³/mol. The van der Waals surface area contributed by atoms with Crippen molar-refractivity contribution in [2.75, 3.05) is 0 Å². The van der Waals surface area contributed by atoms with Crippen LogP contribution in [0.15, 0.2) is 82.0 Å². The highest BCUT2D eigenvalue weighted by atomic mass is 16.1. The standard InChI is InChI=1S/C31H44O2/c1-24(2)11-7-12-25(3)13-8-14-26(4)15-9-16-27(5)17-10-18-28(6)19-20-29-23-30(32)21-22-31(29)33/h11,13,15,17,19,21-23H,7-10,12,14,16,18,20H2,1-6H3. The molecule has 0 unspecified atom stereocenters. The minimum absolute atomic E-state index is 0.0524. The predicted octanol–water partition coefficient (Wildman–Crippen LogP) is 8.88. The van der Waals surface area contributed by atoms with Gasteiger partial charge in [-0.25, -0.2) is 0 Å². The molecule has 33 heavy (non-hydrogen) atoms. The normalized spacial score (nSPS) is 15.8. The number of hydrogen-bond donors (Lipinski definition) is 0. The van der Waals surface area contributed by atoms with E-state index in [9.17, 15) is 9.59 Å². The molecule has 0 aromatic heterocycles. The van der Waals surface area contributed by atoms with Crippen molar-refractivity contribution in [1.82, 2.24) is 0 Å². The zero-order chi connectivity index (χ0) is 24.6. The van der Waals surface area contributed by atoms with Crippen LogP contribution in [0, 0.1) is 0 Å². The van der Waals surface area contributed by atoms with Gasteiger partial charge in [0, 0.05) is 5.57 Å². The minimum Gasteiger partial charge on any atom is -0.290 e. The molecular weight excluding hydrogens is 404 g/mol. The van der Waals surface area contributed by atoms with Gasteiger partial charge in [0.2, 0.25) is 0 Å². The number of rotatable bonds is 14. The highest BCUT2D eigenvalue weighted by Crippen LogP contribution is 2.16. The maximum absolute atomic E-state index is 11.8. The molecule has 2 heteroatoms. The Bertz CT molecular complexity index is 878. The first-order valence-corrected chi connectivity index (χ1v) is 12.4. The molecular formula is C31H44O2. The van der Waals surface area contributed by atoms with E-state index in [1.165, 1.54) is 52.5 Å². The van der Waals surface area contributed by atoms with Crippen LogP contribution in [0.1, 0.15) is 99.3 Å². The van der Waals surface area contributed by atoms with Crippen molar-refractivity contribution >= 4 is 11.6 Å². The van der Waals surface area contributed by atoms with E-state index in [1.54, 1.807) is 0 Å². The third-order valence-corrected chi connectivity index (χ3v) is 5.89. The van der Waals surface area contributed by atoms with Gasteiger partial charge in [-0.05, 0) is 118 Å². The van der Waals surface area contributed by atoms with E-state index < -0.39 is 0 Å². The molecule has 0 aromatic carbocycles. The smallest absolute Gasteiger partial charge is 0.182 e. The maximum Gasteiger partial charge on any atom is 0.182 e. The van der Waals surface area contributed by atoms with Gasteiger partial charge in [0.1, 0.15) is 0 Å². The Morgan fingerprint density at radius 3 is 1.48 bits per heavy atom. The molecule has 0 amide bonds. The van der Waals surface area contributed by atoms with E-state index in [0.717, 1.165) is 44.9 Å². The van der Waals surface area contributed by atoms with Crippen molar-refractivity contribution in [3.05, 3.63) is 82.0 Å². The van der Waals surface area contributed by atoms with E-state index in [2.05, 4.69) is 71.9 Å². The average Bonchev–Trinajstić information content (AvgIpc) is 2.74. The Labute approximate surface area is 202 Å². The SMILES string of the molecule is CC(C)=CCCC(C)=CCCC(C)=CCCC(C)=CCCC(C)=CCC1=CC(=O)C=CC1=O. The van der Waals surface area contributed by atoms with E-state index in [1.807, 2.05) is 0 Å². The molecule has 0 bridgehead atoms. The van der Waals surface area contributed by atoms with Crippen LogP contribution in [-0.2, 0) is 9.59 Å². The van der Waals surface area contributed by atoms with Crippen LogP contribution in [0.4, 0.5) is 0 Å². The maximum atomic E-state index is 11.8. The molecule has 0 fully saturated rings. The average molecular weight is 449 g/mol. The molecule has 1 aliphatic rings. The van der Waals surface area contributed by atoms with E-state index in [-0.39, 0.29) is 11.6 Å². The minimum atomic E-state index is -0.0970. The zero-order valence-electron chi connectivity index (χ0n) is 21.8. The Balaban J connectivity index is 2.28. The van der Waals surface area contributed by atoms with Crippen LogP contribution in [0.5, 0.6) is 0 Å². The lowest BCUT2D eigenvalue weighted by Gasteiger charge is -2.05. The van der Waals surface area contributed by atoms with Gasteiger partial charge >= 0.3 is 0 Å². The van der Waals surface area contributed by atoms with Crippen molar-refractivity contribution in [2.24, 2.45) is 0 Å². The number of allylic oxidation sites excluding steroid dienone is 14. The molecule has 0 N–H and O–H groups in total. The van der Waals surface area contributed by atoms with Crippen LogP contribution in [0.25, 0.3) is 0 Å². The monoisotopic (exact) mass is 448 g/mol. The van der Waals surface area contributed by atoms with E-state index in [0.29, 0.717) is 12.0 Å². The van der Waals surface area contributed by atoms with Crippen LogP contribution in [0.2, 0.25) is 0 Å². The zero-order valence-corrected chi connectivity index (χ0v) is 21.8. The van der Waals surface area contributed by atoms with Crippen molar-refractivity contribution in [3.63, 3.8) is 0 Å². The molecule has 0 saturated heterocycles. The summed E-state index contributed by atoms with van der Waals surface area (Å²) in [5.74, 6) is -0.149. The Morgan fingerprint density at radius 2 is 1.03 bits per heavy atom. The molecule has 0 atom stereocenters.